The van der Waals surface area contributed by atoms with Crippen molar-refractivity contribution in [3.05, 3.63) is 115 Å². The number of hydrogen-bond acceptors (Lipinski definition) is 3. The second kappa shape index (κ2) is 8.12. The summed E-state index contributed by atoms with van der Waals surface area (Å²) >= 11 is 0. The number of aryl methyl sites for hydroxylation is 2. The summed E-state index contributed by atoms with van der Waals surface area (Å²) in [5, 5.41) is 8.81. The highest BCUT2D eigenvalue weighted by Gasteiger charge is 2.18. The van der Waals surface area contributed by atoms with E-state index in [4.69, 9.17) is 4.98 Å². The van der Waals surface area contributed by atoms with Crippen molar-refractivity contribution in [1.29, 1.82) is 0 Å². The van der Waals surface area contributed by atoms with Gasteiger partial charge in [0.2, 0.25) is 0 Å². The molecular weight excluding hydrogens is 418 g/mol. The molecular formula is C29H23N5. The van der Waals surface area contributed by atoms with Gasteiger partial charge in [-0.1, -0.05) is 54.6 Å². The van der Waals surface area contributed by atoms with Crippen molar-refractivity contribution in [2.75, 3.05) is 0 Å². The molecule has 6 rings (SSSR count). The van der Waals surface area contributed by atoms with E-state index in [0.717, 1.165) is 33.8 Å². The zero-order chi connectivity index (χ0) is 23.1. The van der Waals surface area contributed by atoms with Crippen molar-refractivity contribution < 1.29 is 0 Å². The fourth-order valence-electron chi connectivity index (χ4n) is 4.73. The Morgan fingerprint density at radius 2 is 1.35 bits per heavy atom. The van der Waals surface area contributed by atoms with Crippen molar-refractivity contribution in [3.8, 4) is 33.9 Å². The number of nitrogens with zero attached hydrogens (tertiary/aromatic N) is 5. The first-order valence-corrected chi connectivity index (χ1v) is 11.3. The van der Waals surface area contributed by atoms with E-state index in [1.54, 1.807) is 6.33 Å². The molecule has 0 saturated carbocycles. The topological polar surface area (TPSA) is 48.5 Å². The maximum atomic E-state index is 4.77. The third-order valence-electron chi connectivity index (χ3n) is 6.24. The second-order valence-electron chi connectivity index (χ2n) is 8.47. The number of hydrogen-bond donors (Lipinski definition) is 0. The first kappa shape index (κ1) is 20.1. The summed E-state index contributed by atoms with van der Waals surface area (Å²) in [7, 11) is 0. The molecule has 5 heteroatoms. The lowest BCUT2D eigenvalue weighted by Gasteiger charge is -2.15. The van der Waals surface area contributed by atoms with Crippen LogP contribution in [0, 0.1) is 13.8 Å². The van der Waals surface area contributed by atoms with Gasteiger partial charge in [0.05, 0.1) is 16.7 Å². The molecule has 0 aliphatic rings. The van der Waals surface area contributed by atoms with Gasteiger partial charge in [0.1, 0.15) is 12.7 Å². The van der Waals surface area contributed by atoms with Crippen LogP contribution in [0.25, 0.3) is 44.9 Å². The summed E-state index contributed by atoms with van der Waals surface area (Å²) in [6, 6.07) is 31.4. The minimum atomic E-state index is 0.780. The third-order valence-corrected chi connectivity index (χ3v) is 6.24. The summed E-state index contributed by atoms with van der Waals surface area (Å²) in [5.74, 6) is 0.780. The van der Waals surface area contributed by atoms with E-state index in [0.29, 0.717) is 0 Å². The Bertz CT molecular complexity index is 1590. The predicted molar refractivity (Wildman–Crippen MR) is 136 cm³/mol. The highest BCUT2D eigenvalue weighted by atomic mass is 15.3. The standard InChI is InChI=1S/C29H23N5/c1-20-16-23(22-10-5-3-6-11-22)17-21(2)28(20)34-19-31-32-29(34)25-14-9-15-26-27(25)30-18-33(26)24-12-7-4-8-13-24/h3-19H,1-2H3. The van der Waals surface area contributed by atoms with Gasteiger partial charge < -0.3 is 0 Å². The Kier molecular flexibility index (Phi) is 4.81. The molecule has 0 bridgehead atoms. The minimum absolute atomic E-state index is 0.780. The van der Waals surface area contributed by atoms with E-state index in [1.165, 1.54) is 22.3 Å². The second-order valence-corrected chi connectivity index (χ2v) is 8.47. The fraction of sp³-hybridized carbons (Fsp3) is 0.0690. The van der Waals surface area contributed by atoms with Gasteiger partial charge in [-0.3, -0.25) is 9.13 Å². The van der Waals surface area contributed by atoms with Gasteiger partial charge in [-0.15, -0.1) is 10.2 Å². The van der Waals surface area contributed by atoms with Gasteiger partial charge in [-0.25, -0.2) is 4.98 Å². The molecule has 34 heavy (non-hydrogen) atoms. The van der Waals surface area contributed by atoms with Crippen LogP contribution in [0.15, 0.2) is 104 Å². The van der Waals surface area contributed by atoms with Crippen molar-refractivity contribution in [2.45, 2.75) is 13.8 Å². The lowest BCUT2D eigenvalue weighted by atomic mass is 9.98. The molecule has 0 atom stereocenters. The van der Waals surface area contributed by atoms with Crippen LogP contribution >= 0.6 is 0 Å². The maximum Gasteiger partial charge on any atom is 0.170 e. The Morgan fingerprint density at radius 3 is 2.09 bits per heavy atom. The molecule has 2 heterocycles. The summed E-state index contributed by atoms with van der Waals surface area (Å²) in [6.45, 7) is 4.28. The molecule has 164 valence electrons. The van der Waals surface area contributed by atoms with Crippen LogP contribution in [-0.2, 0) is 0 Å². The zero-order valence-corrected chi connectivity index (χ0v) is 19.1. The van der Waals surface area contributed by atoms with E-state index in [9.17, 15) is 0 Å². The normalized spacial score (nSPS) is 11.2. The fourth-order valence-corrected chi connectivity index (χ4v) is 4.73. The van der Waals surface area contributed by atoms with E-state index < -0.39 is 0 Å². The molecule has 0 amide bonds. The summed E-state index contributed by atoms with van der Waals surface area (Å²) < 4.78 is 4.18. The largest absolute Gasteiger partial charge is 0.299 e. The van der Waals surface area contributed by atoms with Crippen LogP contribution in [-0.4, -0.2) is 24.3 Å². The van der Waals surface area contributed by atoms with E-state index >= 15 is 0 Å². The van der Waals surface area contributed by atoms with Crippen LogP contribution in [0.2, 0.25) is 0 Å². The Morgan fingerprint density at radius 1 is 0.647 bits per heavy atom. The molecule has 4 aromatic carbocycles. The quantitative estimate of drug-likeness (QED) is 0.311. The van der Waals surface area contributed by atoms with Crippen LogP contribution in [0.4, 0.5) is 0 Å². The molecule has 0 N–H and O–H groups in total. The summed E-state index contributed by atoms with van der Waals surface area (Å²) in [4.78, 5) is 4.77. The summed E-state index contributed by atoms with van der Waals surface area (Å²) in [6.07, 6.45) is 3.66. The predicted octanol–water partition coefficient (Wildman–Crippen LogP) is 6.56. The third kappa shape index (κ3) is 3.30. The van der Waals surface area contributed by atoms with E-state index in [2.05, 4.69) is 99.9 Å². The molecule has 2 aromatic heterocycles. The monoisotopic (exact) mass is 441 g/mol. The number of rotatable bonds is 4. The van der Waals surface area contributed by atoms with E-state index in [-0.39, 0.29) is 0 Å². The molecule has 0 spiro atoms. The van der Waals surface area contributed by atoms with Crippen molar-refractivity contribution >= 4 is 11.0 Å². The van der Waals surface area contributed by atoms with Crippen molar-refractivity contribution in [1.82, 2.24) is 24.3 Å². The first-order valence-electron chi connectivity index (χ1n) is 11.3. The van der Waals surface area contributed by atoms with Gasteiger partial charge in [0.25, 0.3) is 0 Å². The number of para-hydroxylation sites is 2. The Hall–Kier alpha value is -4.51. The Balaban J connectivity index is 1.49. The molecule has 0 fully saturated rings. The molecule has 0 saturated heterocycles. The average molecular weight is 442 g/mol. The van der Waals surface area contributed by atoms with Gasteiger partial charge in [-0.05, 0) is 72.5 Å². The Labute approximate surface area is 198 Å². The van der Waals surface area contributed by atoms with Crippen molar-refractivity contribution in [3.63, 3.8) is 0 Å². The number of benzene rings is 4. The molecule has 0 unspecified atom stereocenters. The molecule has 0 aliphatic heterocycles. The lowest BCUT2D eigenvalue weighted by Crippen LogP contribution is -2.02. The smallest absolute Gasteiger partial charge is 0.170 e. The first-order chi connectivity index (χ1) is 16.7. The van der Waals surface area contributed by atoms with Gasteiger partial charge >= 0.3 is 0 Å². The molecule has 6 aromatic rings. The average Bonchev–Trinajstić information content (AvgIpc) is 3.52. The highest BCUT2D eigenvalue weighted by Crippen LogP contribution is 2.33. The van der Waals surface area contributed by atoms with Gasteiger partial charge in [0.15, 0.2) is 5.82 Å². The molecule has 0 aliphatic carbocycles. The van der Waals surface area contributed by atoms with Gasteiger partial charge in [-0.2, -0.15) is 0 Å². The SMILES string of the molecule is Cc1cc(-c2ccccc2)cc(C)c1-n1cnnc1-c1cccc2c1ncn2-c1ccccc1. The minimum Gasteiger partial charge on any atom is -0.299 e. The van der Waals surface area contributed by atoms with E-state index in [1.807, 2.05) is 30.6 Å². The maximum absolute atomic E-state index is 4.77. The number of aromatic nitrogens is 5. The van der Waals surface area contributed by atoms with Crippen molar-refractivity contribution in [2.24, 2.45) is 0 Å². The number of fused-ring (bicyclic) bond motifs is 1. The number of imidazole rings is 1. The van der Waals surface area contributed by atoms with Crippen LogP contribution in [0.1, 0.15) is 11.1 Å². The van der Waals surface area contributed by atoms with Crippen LogP contribution in [0.5, 0.6) is 0 Å². The highest BCUT2D eigenvalue weighted by molar-refractivity contribution is 5.91. The van der Waals surface area contributed by atoms with Gasteiger partial charge in [0, 0.05) is 11.3 Å². The van der Waals surface area contributed by atoms with Crippen LogP contribution < -0.4 is 0 Å². The van der Waals surface area contributed by atoms with Crippen LogP contribution in [0.3, 0.4) is 0 Å². The zero-order valence-electron chi connectivity index (χ0n) is 19.1. The molecule has 0 radical (unpaired) electrons. The summed E-state index contributed by atoms with van der Waals surface area (Å²) in [5.41, 5.74) is 9.81. The lowest BCUT2D eigenvalue weighted by molar-refractivity contribution is 1.03. The molecule has 5 nitrogen and oxygen atoms in total.